The lowest BCUT2D eigenvalue weighted by molar-refractivity contribution is -0.123. The molecular weight excluding hydrogens is 313 g/mol. The standard InChI is InChI=1S/C16H20FN5O2/c1-11-18-16(20-21(11)2)19-15(23)14(22-7-9-24-10-8-22)12-3-5-13(17)6-4-12/h3-6,14H,7-10H2,1-2H3,(H,19,20,23). The van der Waals surface area contributed by atoms with Gasteiger partial charge in [-0.05, 0) is 24.6 Å². The molecule has 128 valence electrons. The lowest BCUT2D eigenvalue weighted by Gasteiger charge is -2.33. The van der Waals surface area contributed by atoms with Gasteiger partial charge < -0.3 is 4.74 Å². The van der Waals surface area contributed by atoms with E-state index in [0.717, 1.165) is 5.56 Å². The van der Waals surface area contributed by atoms with Crippen LogP contribution >= 0.6 is 0 Å². The van der Waals surface area contributed by atoms with Crippen LogP contribution in [0, 0.1) is 12.7 Å². The summed E-state index contributed by atoms with van der Waals surface area (Å²) in [6, 6.07) is 5.44. The van der Waals surface area contributed by atoms with Gasteiger partial charge in [0.15, 0.2) is 0 Å². The van der Waals surface area contributed by atoms with E-state index in [1.165, 1.54) is 12.1 Å². The van der Waals surface area contributed by atoms with E-state index < -0.39 is 6.04 Å². The van der Waals surface area contributed by atoms with E-state index in [1.54, 1.807) is 23.9 Å². The highest BCUT2D eigenvalue weighted by Gasteiger charge is 2.29. The number of amides is 1. The van der Waals surface area contributed by atoms with E-state index >= 15 is 0 Å². The first kappa shape index (κ1) is 16.5. The summed E-state index contributed by atoms with van der Waals surface area (Å²) < 4.78 is 20.2. The van der Waals surface area contributed by atoms with Crippen LogP contribution in [-0.4, -0.2) is 51.9 Å². The van der Waals surface area contributed by atoms with Gasteiger partial charge in [-0.1, -0.05) is 12.1 Å². The molecule has 2 heterocycles. The minimum Gasteiger partial charge on any atom is -0.379 e. The number of halogens is 1. The minimum atomic E-state index is -0.543. The van der Waals surface area contributed by atoms with Crippen LogP contribution in [0.25, 0.3) is 0 Å². The number of carbonyl (C=O) groups is 1. The summed E-state index contributed by atoms with van der Waals surface area (Å²) in [6.45, 7) is 4.19. The number of nitrogens with zero attached hydrogens (tertiary/aromatic N) is 4. The highest BCUT2D eigenvalue weighted by Crippen LogP contribution is 2.23. The molecule has 1 unspecified atom stereocenters. The zero-order valence-electron chi connectivity index (χ0n) is 13.7. The van der Waals surface area contributed by atoms with Crippen molar-refractivity contribution in [2.24, 2.45) is 7.05 Å². The molecule has 0 bridgehead atoms. The van der Waals surface area contributed by atoms with E-state index in [4.69, 9.17) is 4.74 Å². The molecule has 1 aliphatic rings. The molecule has 1 aromatic carbocycles. The van der Waals surface area contributed by atoms with E-state index in [2.05, 4.69) is 15.4 Å². The summed E-state index contributed by atoms with van der Waals surface area (Å²) in [5.74, 6) is 0.395. The maximum Gasteiger partial charge on any atom is 0.249 e. The van der Waals surface area contributed by atoms with E-state index in [1.807, 2.05) is 11.8 Å². The second-order valence-corrected chi connectivity index (χ2v) is 5.70. The van der Waals surface area contributed by atoms with Gasteiger partial charge in [-0.3, -0.25) is 19.7 Å². The number of nitrogens with one attached hydrogen (secondary N) is 1. The third-order valence-corrected chi connectivity index (χ3v) is 4.06. The Morgan fingerprint density at radius 2 is 1.96 bits per heavy atom. The topological polar surface area (TPSA) is 72.3 Å². The van der Waals surface area contributed by atoms with Crippen LogP contribution in [0.2, 0.25) is 0 Å². The molecule has 0 saturated carbocycles. The predicted octanol–water partition coefficient (Wildman–Crippen LogP) is 1.27. The molecule has 1 saturated heterocycles. The van der Waals surface area contributed by atoms with Crippen molar-refractivity contribution in [3.05, 3.63) is 41.5 Å². The van der Waals surface area contributed by atoms with Crippen molar-refractivity contribution in [3.63, 3.8) is 0 Å². The highest BCUT2D eigenvalue weighted by molar-refractivity contribution is 5.94. The molecule has 2 aromatic rings. The van der Waals surface area contributed by atoms with Crippen LogP contribution in [0.15, 0.2) is 24.3 Å². The normalized spacial score (nSPS) is 16.8. The van der Waals surface area contributed by atoms with Gasteiger partial charge in [0, 0.05) is 20.1 Å². The summed E-state index contributed by atoms with van der Waals surface area (Å²) in [5.41, 5.74) is 0.725. The molecule has 1 amide bonds. The molecule has 1 aromatic heterocycles. The molecule has 8 heteroatoms. The number of hydrogen-bond donors (Lipinski definition) is 1. The fourth-order valence-corrected chi connectivity index (χ4v) is 2.70. The molecule has 0 aliphatic carbocycles. The van der Waals surface area contributed by atoms with Crippen molar-refractivity contribution in [1.82, 2.24) is 19.7 Å². The van der Waals surface area contributed by atoms with Crippen molar-refractivity contribution in [3.8, 4) is 0 Å². The Morgan fingerprint density at radius 3 is 2.54 bits per heavy atom. The van der Waals surface area contributed by atoms with Crippen molar-refractivity contribution in [2.45, 2.75) is 13.0 Å². The molecule has 1 fully saturated rings. The van der Waals surface area contributed by atoms with Gasteiger partial charge in [0.2, 0.25) is 11.9 Å². The van der Waals surface area contributed by atoms with Crippen molar-refractivity contribution in [2.75, 3.05) is 31.6 Å². The Bertz CT molecular complexity index is 690. The average Bonchev–Trinajstić information content (AvgIpc) is 2.88. The zero-order chi connectivity index (χ0) is 17.1. The lowest BCUT2D eigenvalue weighted by atomic mass is 10.0. The number of morpholine rings is 1. The van der Waals surface area contributed by atoms with Gasteiger partial charge in [0.05, 0.1) is 13.2 Å². The molecular formula is C16H20FN5O2. The van der Waals surface area contributed by atoms with Crippen LogP contribution < -0.4 is 5.32 Å². The molecule has 24 heavy (non-hydrogen) atoms. The first-order chi connectivity index (χ1) is 11.5. The summed E-state index contributed by atoms with van der Waals surface area (Å²) in [7, 11) is 1.76. The van der Waals surface area contributed by atoms with Crippen LogP contribution in [0.5, 0.6) is 0 Å². The zero-order valence-corrected chi connectivity index (χ0v) is 13.7. The van der Waals surface area contributed by atoms with Crippen LogP contribution in [0.1, 0.15) is 17.4 Å². The quantitative estimate of drug-likeness (QED) is 0.912. The third-order valence-electron chi connectivity index (χ3n) is 4.06. The smallest absolute Gasteiger partial charge is 0.249 e. The van der Waals surface area contributed by atoms with Crippen molar-refractivity contribution < 1.29 is 13.9 Å². The van der Waals surface area contributed by atoms with Crippen LogP contribution in [0.3, 0.4) is 0 Å². The van der Waals surface area contributed by atoms with E-state index in [0.29, 0.717) is 32.1 Å². The Hall–Kier alpha value is -2.32. The van der Waals surface area contributed by atoms with E-state index in [9.17, 15) is 9.18 Å². The average molecular weight is 333 g/mol. The molecule has 1 atom stereocenters. The van der Waals surface area contributed by atoms with Gasteiger partial charge >= 0.3 is 0 Å². The fraction of sp³-hybridized carbons (Fsp3) is 0.438. The molecule has 0 radical (unpaired) electrons. The first-order valence-electron chi connectivity index (χ1n) is 7.80. The monoisotopic (exact) mass is 333 g/mol. The number of rotatable bonds is 4. The second kappa shape index (κ2) is 7.06. The van der Waals surface area contributed by atoms with Gasteiger partial charge in [-0.2, -0.15) is 4.98 Å². The Labute approximate surface area is 139 Å². The second-order valence-electron chi connectivity index (χ2n) is 5.70. The Morgan fingerprint density at radius 1 is 1.29 bits per heavy atom. The Balaban J connectivity index is 1.85. The number of anilines is 1. The molecule has 1 aliphatic heterocycles. The lowest BCUT2D eigenvalue weighted by Crippen LogP contribution is -2.44. The Kier molecular flexibility index (Phi) is 4.86. The largest absolute Gasteiger partial charge is 0.379 e. The molecule has 7 nitrogen and oxygen atoms in total. The third kappa shape index (κ3) is 3.60. The van der Waals surface area contributed by atoms with Crippen LogP contribution in [0.4, 0.5) is 10.3 Å². The van der Waals surface area contributed by atoms with Gasteiger partial charge in [0.1, 0.15) is 17.7 Å². The maximum atomic E-state index is 13.2. The number of carbonyl (C=O) groups excluding carboxylic acids is 1. The van der Waals surface area contributed by atoms with E-state index in [-0.39, 0.29) is 17.7 Å². The summed E-state index contributed by atoms with van der Waals surface area (Å²) in [5, 5.41) is 6.91. The van der Waals surface area contributed by atoms with Crippen molar-refractivity contribution >= 4 is 11.9 Å². The van der Waals surface area contributed by atoms with Crippen molar-refractivity contribution in [1.29, 1.82) is 0 Å². The number of ether oxygens (including phenoxy) is 1. The summed E-state index contributed by atoms with van der Waals surface area (Å²) in [4.78, 5) is 19.1. The minimum absolute atomic E-state index is 0.242. The first-order valence-corrected chi connectivity index (χ1v) is 7.80. The molecule has 3 rings (SSSR count). The number of aromatic nitrogens is 3. The van der Waals surface area contributed by atoms with Gasteiger partial charge in [-0.15, -0.1) is 5.10 Å². The van der Waals surface area contributed by atoms with Gasteiger partial charge in [0.25, 0.3) is 0 Å². The number of hydrogen-bond acceptors (Lipinski definition) is 5. The molecule has 1 N–H and O–H groups in total. The molecule has 0 spiro atoms. The summed E-state index contributed by atoms with van der Waals surface area (Å²) in [6.07, 6.45) is 0. The predicted molar refractivity (Wildman–Crippen MR) is 85.9 cm³/mol. The van der Waals surface area contributed by atoms with Crippen LogP contribution in [-0.2, 0) is 16.6 Å². The number of aryl methyl sites for hydroxylation is 2. The van der Waals surface area contributed by atoms with Gasteiger partial charge in [-0.25, -0.2) is 4.39 Å². The highest BCUT2D eigenvalue weighted by atomic mass is 19.1. The summed E-state index contributed by atoms with van der Waals surface area (Å²) >= 11 is 0. The fourth-order valence-electron chi connectivity index (χ4n) is 2.70. The maximum absolute atomic E-state index is 13.2. The SMILES string of the molecule is Cc1nc(NC(=O)C(c2ccc(F)cc2)N2CCOCC2)nn1C. The number of benzene rings is 1.